The molecule has 6 nitrogen and oxygen atoms in total. The van der Waals surface area contributed by atoms with Gasteiger partial charge < -0.3 is 10.6 Å². The highest BCUT2D eigenvalue weighted by Gasteiger charge is 2.40. The highest BCUT2D eigenvalue weighted by molar-refractivity contribution is 5.97. The Hall–Kier alpha value is -6.24. The minimum Gasteiger partial charge on any atom is -0.351 e. The average molecular weight is 668 g/mol. The Balaban J connectivity index is 1.28. The van der Waals surface area contributed by atoms with Crippen molar-refractivity contribution < 1.29 is 4.79 Å². The van der Waals surface area contributed by atoms with Crippen molar-refractivity contribution in [3.8, 4) is 0 Å². The molecule has 0 aliphatic rings. The Morgan fingerprint density at radius 2 is 0.843 bits per heavy atom. The molecule has 6 aromatic carbocycles. The summed E-state index contributed by atoms with van der Waals surface area (Å²) in [5, 5.41) is 15.6. The summed E-state index contributed by atoms with van der Waals surface area (Å²) in [4.78, 5) is 14.4. The van der Waals surface area contributed by atoms with Crippen LogP contribution in [0.1, 0.15) is 40.3 Å². The third-order valence-corrected chi connectivity index (χ3v) is 9.57. The highest BCUT2D eigenvalue weighted by Crippen LogP contribution is 2.42. The molecule has 51 heavy (non-hydrogen) atoms. The Bertz CT molecular complexity index is 1960. The molecule has 0 saturated heterocycles. The summed E-state index contributed by atoms with van der Waals surface area (Å²) < 4.78 is 1.78. The van der Waals surface area contributed by atoms with E-state index < -0.39 is 17.1 Å². The summed E-state index contributed by atoms with van der Waals surface area (Å²) in [6.07, 6.45) is 1.71. The lowest BCUT2D eigenvalue weighted by Crippen LogP contribution is -2.52. The number of benzene rings is 6. The van der Waals surface area contributed by atoms with Crippen LogP contribution in [0.2, 0.25) is 0 Å². The number of aromatic nitrogens is 2. The van der Waals surface area contributed by atoms with Crippen molar-refractivity contribution in [3.63, 3.8) is 0 Å². The van der Waals surface area contributed by atoms with E-state index >= 15 is 0 Å². The van der Waals surface area contributed by atoms with Crippen LogP contribution in [0.25, 0.3) is 0 Å². The molecule has 1 aromatic heterocycles. The molecule has 1 atom stereocenters. The summed E-state index contributed by atoms with van der Waals surface area (Å²) in [7, 11) is 1.89. The minimum absolute atomic E-state index is 0.192. The van der Waals surface area contributed by atoms with Gasteiger partial charge in [-0.2, -0.15) is 5.10 Å². The summed E-state index contributed by atoms with van der Waals surface area (Å²) >= 11 is 0. The molecule has 6 heteroatoms. The summed E-state index contributed by atoms with van der Waals surface area (Å²) in [5.74, 6) is 0.482. The van der Waals surface area contributed by atoms with Crippen LogP contribution in [0.15, 0.2) is 188 Å². The number of nitrogens with zero attached hydrogens (tertiary/aromatic N) is 2. The monoisotopic (exact) mass is 667 g/mol. The zero-order chi connectivity index (χ0) is 35.1. The van der Waals surface area contributed by atoms with Gasteiger partial charge in [0, 0.05) is 7.05 Å². The van der Waals surface area contributed by atoms with Crippen LogP contribution in [0.5, 0.6) is 0 Å². The predicted molar refractivity (Wildman–Crippen MR) is 206 cm³/mol. The third-order valence-electron chi connectivity index (χ3n) is 9.57. The number of carbonyl (C=O) groups excluding carboxylic acids is 1. The second-order valence-electron chi connectivity index (χ2n) is 12.7. The largest absolute Gasteiger partial charge is 0.351 e. The van der Waals surface area contributed by atoms with Crippen LogP contribution in [0, 0.1) is 0 Å². The SMILES string of the molecule is CC(NC(c1ccccc1)(c1ccccc1)c1ccccc1)C(=O)Nc1cnn(C)c1NC(c1ccccc1)(c1ccccc1)c1ccccc1. The maximum atomic E-state index is 14.4. The van der Waals surface area contributed by atoms with E-state index in [1.165, 1.54) is 0 Å². The van der Waals surface area contributed by atoms with E-state index in [1.54, 1.807) is 10.9 Å². The molecule has 0 aliphatic carbocycles. The minimum atomic E-state index is -0.806. The van der Waals surface area contributed by atoms with Gasteiger partial charge in [0.25, 0.3) is 0 Å². The van der Waals surface area contributed by atoms with E-state index in [0.29, 0.717) is 11.5 Å². The standard InChI is InChI=1S/C45H41N5O/c1-34(48-44(35-21-9-3-10-22-35,36-23-11-4-12-24-36)37-25-13-5-14-26-37)43(51)47-41-33-46-50(2)42(41)49-45(38-27-15-6-16-28-38,39-29-17-7-18-30-39)40-31-19-8-20-32-40/h3-34,48-49H,1-2H3,(H,47,51). The Labute approximate surface area is 299 Å². The maximum Gasteiger partial charge on any atom is 0.241 e. The highest BCUT2D eigenvalue weighted by atomic mass is 16.2. The molecule has 7 aromatic rings. The van der Waals surface area contributed by atoms with E-state index in [1.807, 2.05) is 86.8 Å². The van der Waals surface area contributed by atoms with Crippen molar-refractivity contribution in [2.45, 2.75) is 24.0 Å². The average Bonchev–Trinajstić information content (AvgIpc) is 3.55. The second-order valence-corrected chi connectivity index (χ2v) is 12.7. The first-order valence-electron chi connectivity index (χ1n) is 17.2. The number of nitrogens with one attached hydrogen (secondary N) is 3. The summed E-state index contributed by atoms with van der Waals surface area (Å²) in [6, 6.07) is 61.4. The van der Waals surface area contributed by atoms with Crippen LogP contribution in [0.4, 0.5) is 11.5 Å². The van der Waals surface area contributed by atoms with Gasteiger partial charge in [-0.15, -0.1) is 0 Å². The van der Waals surface area contributed by atoms with Gasteiger partial charge in [0.2, 0.25) is 5.91 Å². The maximum absolute atomic E-state index is 14.4. The first kappa shape index (κ1) is 33.3. The quantitative estimate of drug-likeness (QED) is 0.114. The number of aryl methyl sites for hydroxylation is 1. The van der Waals surface area contributed by atoms with E-state index in [2.05, 4.69) is 130 Å². The predicted octanol–water partition coefficient (Wildman–Crippen LogP) is 8.73. The van der Waals surface area contributed by atoms with Crippen LogP contribution in [-0.2, 0) is 22.9 Å². The molecule has 0 bridgehead atoms. The zero-order valence-corrected chi connectivity index (χ0v) is 28.8. The number of anilines is 2. The van der Waals surface area contributed by atoms with Gasteiger partial charge in [0.1, 0.15) is 17.0 Å². The molecule has 0 spiro atoms. The zero-order valence-electron chi connectivity index (χ0n) is 28.8. The lowest BCUT2D eigenvalue weighted by Gasteiger charge is -2.39. The molecular formula is C45H41N5O. The molecule has 252 valence electrons. The van der Waals surface area contributed by atoms with Crippen LogP contribution in [-0.4, -0.2) is 21.7 Å². The molecule has 1 unspecified atom stereocenters. The Morgan fingerprint density at radius 1 is 0.529 bits per heavy atom. The van der Waals surface area contributed by atoms with Crippen molar-refractivity contribution in [1.82, 2.24) is 15.1 Å². The summed E-state index contributed by atoms with van der Waals surface area (Å²) in [6.45, 7) is 1.91. The molecule has 1 heterocycles. The number of amides is 1. The van der Waals surface area contributed by atoms with Crippen molar-refractivity contribution >= 4 is 17.4 Å². The fraction of sp³-hybridized carbons (Fsp3) is 0.111. The second kappa shape index (κ2) is 14.7. The van der Waals surface area contributed by atoms with Gasteiger partial charge >= 0.3 is 0 Å². The first-order valence-corrected chi connectivity index (χ1v) is 17.2. The van der Waals surface area contributed by atoms with Gasteiger partial charge in [-0.05, 0) is 40.3 Å². The van der Waals surface area contributed by atoms with Gasteiger partial charge in [-0.25, -0.2) is 0 Å². The lowest BCUT2D eigenvalue weighted by molar-refractivity contribution is -0.118. The van der Waals surface area contributed by atoms with Gasteiger partial charge in [-0.1, -0.05) is 182 Å². The number of hydrogen-bond acceptors (Lipinski definition) is 4. The van der Waals surface area contributed by atoms with E-state index in [0.717, 1.165) is 33.4 Å². The van der Waals surface area contributed by atoms with Crippen LogP contribution in [0.3, 0.4) is 0 Å². The van der Waals surface area contributed by atoms with Crippen molar-refractivity contribution in [2.75, 3.05) is 10.6 Å². The molecule has 0 fully saturated rings. The molecule has 0 aliphatic heterocycles. The molecule has 0 radical (unpaired) electrons. The Kier molecular flexibility index (Phi) is 9.59. The number of hydrogen-bond donors (Lipinski definition) is 3. The van der Waals surface area contributed by atoms with Crippen molar-refractivity contribution in [3.05, 3.63) is 222 Å². The normalized spacial score (nSPS) is 12.2. The van der Waals surface area contributed by atoms with Crippen LogP contribution < -0.4 is 16.0 Å². The fourth-order valence-corrected chi connectivity index (χ4v) is 7.08. The van der Waals surface area contributed by atoms with E-state index in [9.17, 15) is 4.79 Å². The fourth-order valence-electron chi connectivity index (χ4n) is 7.08. The third kappa shape index (κ3) is 6.45. The lowest BCUT2D eigenvalue weighted by atomic mass is 9.76. The molecule has 1 amide bonds. The smallest absolute Gasteiger partial charge is 0.241 e. The number of rotatable bonds is 12. The molecule has 7 rings (SSSR count). The molecular weight excluding hydrogens is 627 g/mol. The van der Waals surface area contributed by atoms with Crippen LogP contribution >= 0.6 is 0 Å². The van der Waals surface area contributed by atoms with Gasteiger partial charge in [0.05, 0.1) is 17.8 Å². The molecule has 3 N–H and O–H groups in total. The first-order chi connectivity index (χ1) is 25.0. The van der Waals surface area contributed by atoms with Gasteiger partial charge in [-0.3, -0.25) is 14.8 Å². The topological polar surface area (TPSA) is 71.0 Å². The summed E-state index contributed by atoms with van der Waals surface area (Å²) in [5.41, 5.74) is 5.22. The Morgan fingerprint density at radius 3 is 1.18 bits per heavy atom. The van der Waals surface area contributed by atoms with Gasteiger partial charge in [0.15, 0.2) is 0 Å². The van der Waals surface area contributed by atoms with Crippen molar-refractivity contribution in [2.24, 2.45) is 7.05 Å². The van der Waals surface area contributed by atoms with E-state index in [-0.39, 0.29) is 5.91 Å². The molecule has 0 saturated carbocycles. The number of carbonyl (C=O) groups is 1. The van der Waals surface area contributed by atoms with Crippen molar-refractivity contribution in [1.29, 1.82) is 0 Å². The van der Waals surface area contributed by atoms with E-state index in [4.69, 9.17) is 0 Å².